The normalized spacial score (nSPS) is 14.6. The van der Waals surface area contributed by atoms with Crippen molar-refractivity contribution in [1.29, 1.82) is 0 Å². The molecule has 0 radical (unpaired) electrons. The minimum Gasteiger partial charge on any atom is -0.327 e. The van der Waals surface area contributed by atoms with E-state index in [1.807, 2.05) is 12.1 Å². The van der Waals surface area contributed by atoms with E-state index in [9.17, 15) is 4.57 Å². The maximum absolute atomic E-state index is 10.9. The van der Waals surface area contributed by atoms with Gasteiger partial charge >= 0.3 is 7.60 Å². The maximum Gasteiger partial charge on any atom is 0.363 e. The lowest BCUT2D eigenvalue weighted by atomic mass is 10.2. The van der Waals surface area contributed by atoms with E-state index in [-0.39, 0.29) is 0 Å². The average Bonchev–Trinajstić information content (AvgIpc) is 2.25. The summed E-state index contributed by atoms with van der Waals surface area (Å²) in [5.74, 6) is 0.314. The monoisotopic (exact) mass is 239 g/mol. The van der Waals surface area contributed by atoms with Crippen molar-refractivity contribution in [2.24, 2.45) is 0 Å². The largest absolute Gasteiger partial charge is 0.363 e. The van der Waals surface area contributed by atoms with Gasteiger partial charge in [0.2, 0.25) is 0 Å². The number of pyridine rings is 1. The Labute approximate surface area is 92.1 Å². The molecule has 0 aliphatic carbocycles. The molecule has 0 saturated carbocycles. The van der Waals surface area contributed by atoms with Crippen LogP contribution >= 0.6 is 7.60 Å². The molecule has 1 aromatic heterocycles. The van der Waals surface area contributed by atoms with Crippen molar-refractivity contribution in [3.8, 4) is 5.75 Å². The number of fused-ring (bicyclic) bond motifs is 1. The van der Waals surface area contributed by atoms with Crippen LogP contribution in [-0.2, 0) is 9.24 Å². The van der Waals surface area contributed by atoms with Gasteiger partial charge in [-0.25, -0.2) is 0 Å². The Bertz CT molecular complexity index is 546. The molecule has 1 atom stereocenters. The zero-order valence-electron chi connectivity index (χ0n) is 8.53. The fourth-order valence-electron chi connectivity index (χ4n) is 1.25. The molecule has 2 aromatic rings. The molecule has 5 nitrogen and oxygen atoms in total. The Kier molecular flexibility index (Phi) is 2.92. The van der Waals surface area contributed by atoms with Crippen LogP contribution in [0.3, 0.4) is 0 Å². The molecule has 1 N–H and O–H groups in total. The van der Waals surface area contributed by atoms with Crippen LogP contribution in [0.25, 0.3) is 10.9 Å². The highest BCUT2D eigenvalue weighted by Crippen LogP contribution is 2.38. The topological polar surface area (TPSA) is 68.7 Å². The van der Waals surface area contributed by atoms with Crippen LogP contribution in [0.5, 0.6) is 5.75 Å². The molecule has 1 aromatic carbocycles. The molecule has 0 amide bonds. The molecule has 0 aliphatic rings. The summed E-state index contributed by atoms with van der Waals surface area (Å²) < 4.78 is 15.3. The van der Waals surface area contributed by atoms with E-state index in [1.54, 1.807) is 24.4 Å². The van der Waals surface area contributed by atoms with Crippen molar-refractivity contribution < 1.29 is 19.0 Å². The second kappa shape index (κ2) is 4.22. The minimum absolute atomic E-state index is 0.314. The number of benzene rings is 1. The summed E-state index contributed by atoms with van der Waals surface area (Å²) >= 11 is 0. The third-order valence-electron chi connectivity index (χ3n) is 1.86. The lowest BCUT2D eigenvalue weighted by Crippen LogP contribution is -1.95. The number of hydrogen-bond donors (Lipinski definition) is 1. The Balaban J connectivity index is 2.34. The molecular weight excluding hydrogens is 229 g/mol. The second-order valence-corrected chi connectivity index (χ2v) is 5.05. The highest BCUT2D eigenvalue weighted by Gasteiger charge is 2.13. The molecule has 6 heteroatoms. The van der Waals surface area contributed by atoms with Gasteiger partial charge in [0, 0.05) is 18.2 Å². The zero-order valence-corrected chi connectivity index (χ0v) is 9.42. The molecule has 0 saturated heterocycles. The number of aromatic nitrogens is 1. The molecule has 0 aliphatic heterocycles. The van der Waals surface area contributed by atoms with Gasteiger partial charge in [0.15, 0.2) is 5.75 Å². The van der Waals surface area contributed by atoms with Crippen molar-refractivity contribution in [2.45, 2.75) is 0 Å². The summed E-state index contributed by atoms with van der Waals surface area (Å²) in [5.41, 5.74) is 0.582. The molecule has 2 rings (SSSR count). The lowest BCUT2D eigenvalue weighted by Gasteiger charge is -2.08. The van der Waals surface area contributed by atoms with Gasteiger partial charge in [0.1, 0.15) is 5.52 Å². The van der Waals surface area contributed by atoms with E-state index in [0.717, 1.165) is 12.1 Å². The third kappa shape index (κ3) is 2.58. The highest BCUT2D eigenvalue weighted by molar-refractivity contribution is 7.51. The third-order valence-corrected chi connectivity index (χ3v) is 2.21. The average molecular weight is 239 g/mol. The van der Waals surface area contributed by atoms with Crippen molar-refractivity contribution in [2.75, 3.05) is 6.66 Å². The van der Waals surface area contributed by atoms with Gasteiger partial charge in [-0.15, -0.1) is 4.67 Å². The predicted octanol–water partition coefficient (Wildman–Crippen LogP) is 2.36. The number of para-hydroxylation sites is 1. The zero-order chi connectivity index (χ0) is 11.6. The van der Waals surface area contributed by atoms with Crippen LogP contribution in [0.4, 0.5) is 0 Å². The van der Waals surface area contributed by atoms with Crippen molar-refractivity contribution in [1.82, 2.24) is 4.98 Å². The van der Waals surface area contributed by atoms with Crippen LogP contribution in [0.2, 0.25) is 0 Å². The first-order chi connectivity index (χ1) is 7.56. The standard InChI is InChI=1S/C10H10NO4P/c1-16(12,13)15-14-9-6-2-4-8-5-3-7-11-10(8)9/h2-7H,1H3,(H,12,13). The van der Waals surface area contributed by atoms with Crippen LogP contribution in [0.15, 0.2) is 36.5 Å². The molecule has 0 fully saturated rings. The summed E-state index contributed by atoms with van der Waals surface area (Å²) in [7, 11) is -3.66. The van der Waals surface area contributed by atoms with E-state index < -0.39 is 7.60 Å². The van der Waals surface area contributed by atoms with Gasteiger partial charge in [-0.1, -0.05) is 18.2 Å². The molecule has 0 bridgehead atoms. The molecule has 1 heterocycles. The van der Waals surface area contributed by atoms with Gasteiger partial charge in [-0.05, 0) is 12.1 Å². The second-order valence-electron chi connectivity index (χ2n) is 3.29. The van der Waals surface area contributed by atoms with E-state index in [1.165, 1.54) is 0 Å². The van der Waals surface area contributed by atoms with Crippen LogP contribution in [-0.4, -0.2) is 16.5 Å². The summed E-state index contributed by atoms with van der Waals surface area (Å²) in [6, 6.07) is 8.88. The Morgan fingerprint density at radius 3 is 2.81 bits per heavy atom. The summed E-state index contributed by atoms with van der Waals surface area (Å²) in [5, 5.41) is 0.868. The molecular formula is C10H10NO4P. The first kappa shape index (κ1) is 11.1. The molecule has 1 unspecified atom stereocenters. The van der Waals surface area contributed by atoms with E-state index in [4.69, 9.17) is 9.78 Å². The van der Waals surface area contributed by atoms with Gasteiger partial charge in [0.25, 0.3) is 0 Å². The Hall–Kier alpha value is -1.42. The first-order valence-electron chi connectivity index (χ1n) is 4.56. The fourth-order valence-corrected chi connectivity index (χ4v) is 1.47. The summed E-state index contributed by atoms with van der Waals surface area (Å²) in [6.45, 7) is 1.05. The molecule has 0 spiro atoms. The quantitative estimate of drug-likeness (QED) is 0.505. The van der Waals surface area contributed by atoms with Crippen LogP contribution in [0, 0.1) is 0 Å². The van der Waals surface area contributed by atoms with E-state index in [2.05, 4.69) is 9.66 Å². The summed E-state index contributed by atoms with van der Waals surface area (Å²) in [6.07, 6.45) is 1.61. The Morgan fingerprint density at radius 2 is 2.06 bits per heavy atom. The van der Waals surface area contributed by atoms with Gasteiger partial charge in [0.05, 0.1) is 0 Å². The number of nitrogens with zero attached hydrogens (tertiary/aromatic N) is 1. The van der Waals surface area contributed by atoms with Gasteiger partial charge in [-0.2, -0.15) is 0 Å². The van der Waals surface area contributed by atoms with Crippen LogP contribution < -0.4 is 4.89 Å². The maximum atomic E-state index is 10.9. The number of hydrogen-bond acceptors (Lipinski definition) is 4. The van der Waals surface area contributed by atoms with Crippen molar-refractivity contribution >= 4 is 18.5 Å². The molecule has 84 valence electrons. The van der Waals surface area contributed by atoms with Crippen LogP contribution in [0.1, 0.15) is 0 Å². The lowest BCUT2D eigenvalue weighted by molar-refractivity contribution is -0.106. The SMILES string of the molecule is CP(=O)(O)OOc1cccc2cccnc12. The summed E-state index contributed by atoms with van der Waals surface area (Å²) in [4.78, 5) is 17.9. The van der Waals surface area contributed by atoms with Crippen molar-refractivity contribution in [3.05, 3.63) is 36.5 Å². The predicted molar refractivity (Wildman–Crippen MR) is 59.2 cm³/mol. The highest BCUT2D eigenvalue weighted by atomic mass is 31.2. The van der Waals surface area contributed by atoms with Gasteiger partial charge < -0.3 is 9.78 Å². The van der Waals surface area contributed by atoms with Gasteiger partial charge in [-0.3, -0.25) is 9.55 Å². The first-order valence-corrected chi connectivity index (χ1v) is 6.59. The Morgan fingerprint density at radius 1 is 1.31 bits per heavy atom. The van der Waals surface area contributed by atoms with E-state index in [0.29, 0.717) is 11.3 Å². The number of rotatable bonds is 3. The molecule has 16 heavy (non-hydrogen) atoms. The fraction of sp³-hybridized carbons (Fsp3) is 0.100. The minimum atomic E-state index is -3.66. The van der Waals surface area contributed by atoms with Crippen molar-refractivity contribution in [3.63, 3.8) is 0 Å². The van der Waals surface area contributed by atoms with E-state index >= 15 is 0 Å². The smallest absolute Gasteiger partial charge is 0.327 e.